The summed E-state index contributed by atoms with van der Waals surface area (Å²) in [5.41, 5.74) is 0.238. The van der Waals surface area contributed by atoms with Crippen LogP contribution in [0, 0.1) is 0 Å². The first-order valence-electron chi connectivity index (χ1n) is 7.83. The number of aromatic amines is 1. The number of anilines is 1. The number of fused-ring (bicyclic) bond motifs is 1. The molecule has 0 radical (unpaired) electrons. The number of aldehydes is 1. The van der Waals surface area contributed by atoms with Gasteiger partial charge in [-0.05, 0) is 30.5 Å². The van der Waals surface area contributed by atoms with E-state index in [4.69, 9.17) is 5.11 Å². The van der Waals surface area contributed by atoms with Crippen LogP contribution in [0.2, 0.25) is 0 Å². The molecule has 0 aliphatic rings. The number of carbonyl (C=O) groups excluding carboxylic acids is 2. The molecule has 0 saturated heterocycles. The molecule has 0 aliphatic carbocycles. The van der Waals surface area contributed by atoms with Gasteiger partial charge in [-0.1, -0.05) is 6.07 Å². The van der Waals surface area contributed by atoms with Crippen molar-refractivity contribution in [3.05, 3.63) is 40.2 Å². The maximum atomic E-state index is 11.9. The molecular weight excluding hydrogens is 344 g/mol. The number of rotatable bonds is 8. The van der Waals surface area contributed by atoms with Crippen LogP contribution in [-0.4, -0.2) is 68.4 Å². The Kier molecular flexibility index (Phi) is 6.22. The van der Waals surface area contributed by atoms with E-state index in [0.29, 0.717) is 22.9 Å². The van der Waals surface area contributed by atoms with Crippen molar-refractivity contribution in [3.8, 4) is 0 Å². The molecule has 1 aromatic carbocycles. The summed E-state index contributed by atoms with van der Waals surface area (Å²) in [5.74, 6) is -0.365. The number of benzene rings is 1. The molecule has 0 aliphatic heterocycles. The lowest BCUT2D eigenvalue weighted by atomic mass is 10.0. The molecule has 0 spiro atoms. The number of pyridine rings is 1. The molecular formula is C17H20N2O7. The summed E-state index contributed by atoms with van der Waals surface area (Å²) < 4.78 is 0. The maximum Gasteiger partial charge on any atom is 0.259 e. The molecule has 0 unspecified atom stereocenters. The molecule has 0 saturated carbocycles. The van der Waals surface area contributed by atoms with E-state index in [2.05, 4.69) is 10.3 Å². The highest BCUT2D eigenvalue weighted by Gasteiger charge is 2.31. The van der Waals surface area contributed by atoms with E-state index in [-0.39, 0.29) is 11.3 Å². The maximum absolute atomic E-state index is 11.9. The van der Waals surface area contributed by atoms with Gasteiger partial charge in [0.2, 0.25) is 0 Å². The van der Waals surface area contributed by atoms with Crippen molar-refractivity contribution in [3.63, 3.8) is 0 Å². The first-order valence-corrected chi connectivity index (χ1v) is 7.83. The van der Waals surface area contributed by atoms with E-state index in [1.165, 1.54) is 19.1 Å². The van der Waals surface area contributed by atoms with E-state index >= 15 is 0 Å². The van der Waals surface area contributed by atoms with Crippen LogP contribution in [0.4, 0.5) is 5.69 Å². The number of aliphatic hydroxyl groups excluding tert-OH is 4. The highest BCUT2D eigenvalue weighted by molar-refractivity contribution is 5.97. The predicted octanol–water partition coefficient (Wildman–Crippen LogP) is -1.21. The minimum absolute atomic E-state index is 0.0283. The number of H-pyrrole nitrogens is 1. The Bertz CT molecular complexity index is 864. The van der Waals surface area contributed by atoms with Crippen LogP contribution >= 0.6 is 0 Å². The molecule has 2 rings (SSSR count). The van der Waals surface area contributed by atoms with Gasteiger partial charge in [-0.15, -0.1) is 0 Å². The summed E-state index contributed by atoms with van der Waals surface area (Å²) in [4.78, 5) is 37.1. The molecule has 140 valence electrons. The number of aliphatic hydroxyl groups is 4. The van der Waals surface area contributed by atoms with Gasteiger partial charge in [0.1, 0.15) is 30.6 Å². The van der Waals surface area contributed by atoms with Crippen LogP contribution in [0.3, 0.4) is 0 Å². The number of Topliss-reactive ketones (excluding diaryl/α,β-unsaturated/α-hetero) is 1. The lowest BCUT2D eigenvalue weighted by Gasteiger charge is -2.26. The lowest BCUT2D eigenvalue weighted by Crippen LogP contribution is -2.49. The molecule has 26 heavy (non-hydrogen) atoms. The van der Waals surface area contributed by atoms with Crippen LogP contribution in [0.25, 0.3) is 10.9 Å². The molecule has 0 bridgehead atoms. The van der Waals surface area contributed by atoms with Crippen LogP contribution in [-0.2, 0) is 4.79 Å². The average Bonchev–Trinajstić information content (AvgIpc) is 2.63. The third-order valence-corrected chi connectivity index (χ3v) is 4.00. The topological polar surface area (TPSA) is 160 Å². The van der Waals surface area contributed by atoms with Crippen molar-refractivity contribution < 1.29 is 30.0 Å². The highest BCUT2D eigenvalue weighted by Crippen LogP contribution is 2.19. The molecule has 1 aromatic heterocycles. The monoisotopic (exact) mass is 364 g/mol. The summed E-state index contributed by atoms with van der Waals surface area (Å²) >= 11 is 0. The molecule has 0 fully saturated rings. The fraction of sp³-hybridized carbons (Fsp3) is 0.353. The van der Waals surface area contributed by atoms with Gasteiger partial charge in [0.15, 0.2) is 5.78 Å². The van der Waals surface area contributed by atoms with Crippen LogP contribution in [0.15, 0.2) is 29.1 Å². The van der Waals surface area contributed by atoms with Crippen molar-refractivity contribution >= 4 is 28.7 Å². The molecule has 0 amide bonds. The Morgan fingerprint density at radius 2 is 1.92 bits per heavy atom. The predicted molar refractivity (Wildman–Crippen MR) is 93.2 cm³/mol. The number of hydrogen-bond acceptors (Lipinski definition) is 8. The van der Waals surface area contributed by atoms with Gasteiger partial charge >= 0.3 is 0 Å². The third-order valence-electron chi connectivity index (χ3n) is 4.00. The lowest BCUT2D eigenvalue weighted by molar-refractivity contribution is -0.117. The van der Waals surface area contributed by atoms with E-state index in [1.54, 1.807) is 12.1 Å². The first-order chi connectivity index (χ1) is 12.3. The Hall–Kier alpha value is -2.59. The summed E-state index contributed by atoms with van der Waals surface area (Å²) in [6, 6.07) is 4.84. The van der Waals surface area contributed by atoms with Crippen molar-refractivity contribution in [2.75, 3.05) is 11.9 Å². The molecule has 9 heteroatoms. The minimum atomic E-state index is -1.74. The van der Waals surface area contributed by atoms with Gasteiger partial charge < -0.3 is 35.5 Å². The SMILES string of the molecule is CC(=O)c1cc2ccc(N[C@@H](C=O)[C@@H](O)[C@H](O)[C@H](O)CO)cc2[nH]c1=O. The number of aromatic nitrogens is 1. The Labute approximate surface area is 147 Å². The van der Waals surface area contributed by atoms with Crippen LogP contribution in [0.5, 0.6) is 0 Å². The second-order valence-corrected chi connectivity index (χ2v) is 5.91. The smallest absolute Gasteiger partial charge is 0.259 e. The van der Waals surface area contributed by atoms with Crippen molar-refractivity contribution in [1.82, 2.24) is 4.98 Å². The van der Waals surface area contributed by atoms with E-state index in [0.717, 1.165) is 0 Å². The normalized spacial score (nSPS) is 15.9. The van der Waals surface area contributed by atoms with Crippen LogP contribution in [0.1, 0.15) is 17.3 Å². The zero-order chi connectivity index (χ0) is 19.4. The van der Waals surface area contributed by atoms with Gasteiger partial charge in [0.05, 0.1) is 17.7 Å². The quantitative estimate of drug-likeness (QED) is 0.251. The zero-order valence-electron chi connectivity index (χ0n) is 13.9. The van der Waals surface area contributed by atoms with Gasteiger partial charge in [-0.2, -0.15) is 0 Å². The van der Waals surface area contributed by atoms with E-state index in [1.807, 2.05) is 0 Å². The highest BCUT2D eigenvalue weighted by atomic mass is 16.4. The Morgan fingerprint density at radius 1 is 1.23 bits per heavy atom. The number of carbonyl (C=O) groups is 2. The Balaban J connectivity index is 2.29. The third kappa shape index (κ3) is 4.14. The molecule has 4 atom stereocenters. The fourth-order valence-electron chi connectivity index (χ4n) is 2.49. The molecule has 9 nitrogen and oxygen atoms in total. The van der Waals surface area contributed by atoms with Crippen molar-refractivity contribution in [2.24, 2.45) is 0 Å². The summed E-state index contributed by atoms with van der Waals surface area (Å²) in [6.45, 7) is 0.508. The largest absolute Gasteiger partial charge is 0.394 e. The van der Waals surface area contributed by atoms with Crippen molar-refractivity contribution in [2.45, 2.75) is 31.3 Å². The van der Waals surface area contributed by atoms with Gasteiger partial charge in [0, 0.05) is 5.69 Å². The summed E-state index contributed by atoms with van der Waals surface area (Å²) in [5, 5.41) is 41.2. The molecule has 6 N–H and O–H groups in total. The number of ketones is 1. The fourth-order valence-corrected chi connectivity index (χ4v) is 2.49. The Morgan fingerprint density at radius 3 is 2.50 bits per heavy atom. The number of hydrogen-bond donors (Lipinski definition) is 6. The molecule has 2 aromatic rings. The molecule has 1 heterocycles. The second kappa shape index (κ2) is 8.19. The zero-order valence-corrected chi connectivity index (χ0v) is 13.9. The second-order valence-electron chi connectivity index (χ2n) is 5.91. The van der Waals surface area contributed by atoms with Gasteiger partial charge in [-0.25, -0.2) is 0 Å². The van der Waals surface area contributed by atoms with Crippen LogP contribution < -0.4 is 10.9 Å². The first kappa shape index (κ1) is 19.7. The standard InChI is InChI=1S/C17H20N2O7/c1-8(22)11-4-9-2-3-10(5-12(9)19-17(11)26)18-13(6-20)15(24)16(25)14(23)7-21/h2-6,13-16,18,21,23-25H,7H2,1H3,(H,19,26)/t13-,14+,15+,16+/m0/s1. The van der Waals surface area contributed by atoms with E-state index < -0.39 is 36.5 Å². The van der Waals surface area contributed by atoms with Gasteiger partial charge in [0.25, 0.3) is 5.56 Å². The number of nitrogens with one attached hydrogen (secondary N) is 2. The minimum Gasteiger partial charge on any atom is -0.394 e. The van der Waals surface area contributed by atoms with Gasteiger partial charge in [-0.3, -0.25) is 9.59 Å². The summed E-state index contributed by atoms with van der Waals surface area (Å²) in [7, 11) is 0. The summed E-state index contributed by atoms with van der Waals surface area (Å²) in [6.07, 6.45) is -4.66. The van der Waals surface area contributed by atoms with Crippen molar-refractivity contribution in [1.29, 1.82) is 0 Å². The van der Waals surface area contributed by atoms with E-state index in [9.17, 15) is 29.7 Å². The average molecular weight is 364 g/mol.